The molecular formula is C16H23BrN2O2. The van der Waals surface area contributed by atoms with Gasteiger partial charge in [-0.3, -0.25) is 0 Å². The summed E-state index contributed by atoms with van der Waals surface area (Å²) in [4.78, 5) is 13.9. The SMILES string of the molecule is CC(C)NC(=O)N1CCC[C@@H](OCc2ccc(Br)cc2)C1. The zero-order valence-electron chi connectivity index (χ0n) is 12.6. The van der Waals surface area contributed by atoms with Gasteiger partial charge in [0.2, 0.25) is 0 Å². The number of urea groups is 1. The first kappa shape index (κ1) is 16.3. The van der Waals surface area contributed by atoms with E-state index in [2.05, 4.69) is 33.4 Å². The fourth-order valence-corrected chi connectivity index (χ4v) is 2.66. The Morgan fingerprint density at radius 1 is 1.43 bits per heavy atom. The molecule has 1 fully saturated rings. The standard InChI is InChI=1S/C16H23BrN2O2/c1-12(2)18-16(20)19-9-3-4-15(10-19)21-11-13-5-7-14(17)8-6-13/h5-8,12,15H,3-4,9-11H2,1-2H3,(H,18,20)/t15-/m1/s1. The lowest BCUT2D eigenvalue weighted by atomic mass is 10.1. The van der Waals surface area contributed by atoms with Gasteiger partial charge in [0.1, 0.15) is 0 Å². The van der Waals surface area contributed by atoms with Gasteiger partial charge < -0.3 is 15.0 Å². The molecule has 1 heterocycles. The summed E-state index contributed by atoms with van der Waals surface area (Å²) in [6.45, 7) is 6.04. The second-order valence-corrected chi connectivity index (χ2v) is 6.67. The van der Waals surface area contributed by atoms with Crippen LogP contribution in [-0.4, -0.2) is 36.2 Å². The maximum absolute atomic E-state index is 12.0. The predicted molar refractivity (Wildman–Crippen MR) is 87.2 cm³/mol. The number of amides is 2. The molecule has 1 aliphatic heterocycles. The van der Waals surface area contributed by atoms with Crippen molar-refractivity contribution in [3.63, 3.8) is 0 Å². The fourth-order valence-electron chi connectivity index (χ4n) is 2.39. The van der Waals surface area contributed by atoms with Crippen molar-refractivity contribution in [1.29, 1.82) is 0 Å². The Bertz CT molecular complexity index is 462. The highest BCUT2D eigenvalue weighted by Gasteiger charge is 2.24. The second-order valence-electron chi connectivity index (χ2n) is 5.75. The molecule has 1 saturated heterocycles. The van der Waals surface area contributed by atoms with Gasteiger partial charge in [0.25, 0.3) is 0 Å². The molecule has 5 heteroatoms. The number of piperidine rings is 1. The maximum atomic E-state index is 12.0. The van der Waals surface area contributed by atoms with Crippen molar-refractivity contribution in [3.05, 3.63) is 34.3 Å². The van der Waals surface area contributed by atoms with Crippen LogP contribution in [0, 0.1) is 0 Å². The van der Waals surface area contributed by atoms with Crippen LogP contribution in [0.3, 0.4) is 0 Å². The molecule has 2 amide bonds. The first-order valence-electron chi connectivity index (χ1n) is 7.46. The van der Waals surface area contributed by atoms with E-state index in [1.807, 2.05) is 30.9 Å². The van der Waals surface area contributed by atoms with Crippen molar-refractivity contribution in [1.82, 2.24) is 10.2 Å². The van der Waals surface area contributed by atoms with Crippen LogP contribution in [0.5, 0.6) is 0 Å². The van der Waals surface area contributed by atoms with Gasteiger partial charge in [-0.25, -0.2) is 4.79 Å². The molecule has 1 atom stereocenters. The van der Waals surface area contributed by atoms with Gasteiger partial charge in [0.05, 0.1) is 12.7 Å². The molecule has 4 nitrogen and oxygen atoms in total. The van der Waals surface area contributed by atoms with Crippen LogP contribution in [0.25, 0.3) is 0 Å². The fraction of sp³-hybridized carbons (Fsp3) is 0.562. The minimum absolute atomic E-state index is 0.0157. The van der Waals surface area contributed by atoms with Crippen molar-refractivity contribution in [2.45, 2.75) is 45.4 Å². The van der Waals surface area contributed by atoms with Gasteiger partial charge in [0, 0.05) is 23.6 Å². The summed E-state index contributed by atoms with van der Waals surface area (Å²) < 4.78 is 7.03. The number of benzene rings is 1. The molecule has 0 spiro atoms. The molecule has 1 N–H and O–H groups in total. The third-order valence-electron chi connectivity index (χ3n) is 3.48. The highest BCUT2D eigenvalue weighted by atomic mass is 79.9. The lowest BCUT2D eigenvalue weighted by Crippen LogP contribution is -2.49. The van der Waals surface area contributed by atoms with Crippen LogP contribution >= 0.6 is 15.9 Å². The Morgan fingerprint density at radius 3 is 2.81 bits per heavy atom. The molecule has 0 radical (unpaired) electrons. The molecule has 1 aromatic rings. The largest absolute Gasteiger partial charge is 0.372 e. The molecule has 116 valence electrons. The zero-order chi connectivity index (χ0) is 15.2. The van der Waals surface area contributed by atoms with Crippen molar-refractivity contribution in [2.24, 2.45) is 0 Å². The van der Waals surface area contributed by atoms with Crippen LogP contribution in [0.4, 0.5) is 4.79 Å². The first-order valence-corrected chi connectivity index (χ1v) is 8.25. The molecule has 1 aliphatic rings. The van der Waals surface area contributed by atoms with Crippen LogP contribution in [0.15, 0.2) is 28.7 Å². The van der Waals surface area contributed by atoms with Gasteiger partial charge in [-0.2, -0.15) is 0 Å². The van der Waals surface area contributed by atoms with E-state index in [1.165, 1.54) is 0 Å². The average molecular weight is 355 g/mol. The molecule has 0 aliphatic carbocycles. The third-order valence-corrected chi connectivity index (χ3v) is 4.01. The summed E-state index contributed by atoms with van der Waals surface area (Å²) >= 11 is 3.42. The minimum atomic E-state index is 0.0157. The van der Waals surface area contributed by atoms with E-state index in [9.17, 15) is 4.79 Å². The smallest absolute Gasteiger partial charge is 0.317 e. The molecule has 2 rings (SSSR count). The number of ether oxygens (including phenoxy) is 1. The Hall–Kier alpha value is -1.07. The molecule has 0 aromatic heterocycles. The van der Waals surface area contributed by atoms with Gasteiger partial charge in [-0.1, -0.05) is 28.1 Å². The minimum Gasteiger partial charge on any atom is -0.372 e. The number of carbonyl (C=O) groups is 1. The Labute approximate surface area is 135 Å². The summed E-state index contributed by atoms with van der Waals surface area (Å²) in [7, 11) is 0. The molecule has 21 heavy (non-hydrogen) atoms. The van der Waals surface area contributed by atoms with E-state index >= 15 is 0 Å². The summed E-state index contributed by atoms with van der Waals surface area (Å²) in [5.74, 6) is 0. The summed E-state index contributed by atoms with van der Waals surface area (Å²) in [6, 6.07) is 8.32. The molecule has 1 aromatic carbocycles. The van der Waals surface area contributed by atoms with Crippen LogP contribution < -0.4 is 5.32 Å². The Kier molecular flexibility index (Phi) is 6.06. The van der Waals surface area contributed by atoms with Gasteiger partial charge in [-0.15, -0.1) is 0 Å². The highest BCUT2D eigenvalue weighted by Crippen LogP contribution is 2.16. The molecule has 0 bridgehead atoms. The second kappa shape index (κ2) is 7.80. The molecule has 0 unspecified atom stereocenters. The van der Waals surface area contributed by atoms with E-state index in [4.69, 9.17) is 4.74 Å². The quantitative estimate of drug-likeness (QED) is 0.898. The Morgan fingerprint density at radius 2 is 2.14 bits per heavy atom. The number of nitrogens with one attached hydrogen (secondary N) is 1. The lowest BCUT2D eigenvalue weighted by Gasteiger charge is -2.33. The van der Waals surface area contributed by atoms with Crippen LogP contribution in [-0.2, 0) is 11.3 Å². The predicted octanol–water partition coefficient (Wildman–Crippen LogP) is 3.55. The van der Waals surface area contributed by atoms with Crippen LogP contribution in [0.2, 0.25) is 0 Å². The number of hydrogen-bond acceptors (Lipinski definition) is 2. The summed E-state index contributed by atoms with van der Waals surface area (Å²) in [6.07, 6.45) is 2.14. The van der Waals surface area contributed by atoms with Gasteiger partial charge in [0.15, 0.2) is 0 Å². The van der Waals surface area contributed by atoms with E-state index < -0.39 is 0 Å². The van der Waals surface area contributed by atoms with E-state index in [-0.39, 0.29) is 18.2 Å². The number of nitrogens with zero attached hydrogens (tertiary/aromatic N) is 1. The maximum Gasteiger partial charge on any atom is 0.317 e. The molecule has 0 saturated carbocycles. The number of carbonyl (C=O) groups excluding carboxylic acids is 1. The highest BCUT2D eigenvalue weighted by molar-refractivity contribution is 9.10. The van der Waals surface area contributed by atoms with Crippen LogP contribution in [0.1, 0.15) is 32.3 Å². The average Bonchev–Trinajstić information content (AvgIpc) is 2.46. The first-order chi connectivity index (χ1) is 10.0. The topological polar surface area (TPSA) is 41.6 Å². The van der Waals surface area contributed by atoms with E-state index in [1.54, 1.807) is 0 Å². The van der Waals surface area contributed by atoms with Crippen molar-refractivity contribution < 1.29 is 9.53 Å². The number of hydrogen-bond donors (Lipinski definition) is 1. The normalized spacial score (nSPS) is 18.9. The summed E-state index contributed by atoms with van der Waals surface area (Å²) in [5, 5.41) is 2.94. The zero-order valence-corrected chi connectivity index (χ0v) is 14.2. The number of likely N-dealkylation sites (tertiary alicyclic amines) is 1. The summed E-state index contributed by atoms with van der Waals surface area (Å²) in [5.41, 5.74) is 1.15. The molecular weight excluding hydrogens is 332 g/mol. The third kappa shape index (κ3) is 5.32. The van der Waals surface area contributed by atoms with Gasteiger partial charge >= 0.3 is 6.03 Å². The van der Waals surface area contributed by atoms with E-state index in [0.29, 0.717) is 13.2 Å². The van der Waals surface area contributed by atoms with Gasteiger partial charge in [-0.05, 0) is 44.4 Å². The number of rotatable bonds is 4. The monoisotopic (exact) mass is 354 g/mol. The Balaban J connectivity index is 1.81. The lowest BCUT2D eigenvalue weighted by molar-refractivity contribution is -0.000501. The van der Waals surface area contributed by atoms with Crippen molar-refractivity contribution >= 4 is 22.0 Å². The van der Waals surface area contributed by atoms with E-state index in [0.717, 1.165) is 29.4 Å². The number of halogens is 1. The van der Waals surface area contributed by atoms with Crippen molar-refractivity contribution in [2.75, 3.05) is 13.1 Å². The van der Waals surface area contributed by atoms with Crippen molar-refractivity contribution in [3.8, 4) is 0 Å².